The van der Waals surface area contributed by atoms with E-state index in [1.165, 1.54) is 11.5 Å². The summed E-state index contributed by atoms with van der Waals surface area (Å²) in [5, 5.41) is 14.0. The minimum atomic E-state index is -0.110. The minimum Gasteiger partial charge on any atom is -0.370 e. The fourth-order valence-corrected chi connectivity index (χ4v) is 5.63. The van der Waals surface area contributed by atoms with E-state index in [4.69, 9.17) is 0 Å². The topological polar surface area (TPSA) is 117 Å². The van der Waals surface area contributed by atoms with E-state index in [2.05, 4.69) is 42.7 Å². The van der Waals surface area contributed by atoms with E-state index in [0.717, 1.165) is 42.7 Å². The summed E-state index contributed by atoms with van der Waals surface area (Å²) in [6, 6.07) is 4.49. The van der Waals surface area contributed by atoms with Gasteiger partial charge >= 0.3 is 6.03 Å². The lowest BCUT2D eigenvalue weighted by molar-refractivity contribution is 0.218. The maximum Gasteiger partial charge on any atom is 0.323 e. The third kappa shape index (κ3) is 3.50. The van der Waals surface area contributed by atoms with Crippen molar-refractivity contribution in [2.75, 3.05) is 49.3 Å². The van der Waals surface area contributed by atoms with Crippen molar-refractivity contribution in [2.24, 2.45) is 11.8 Å². The number of nitriles is 1. The van der Waals surface area contributed by atoms with Crippen molar-refractivity contribution in [3.63, 3.8) is 0 Å². The van der Waals surface area contributed by atoms with Gasteiger partial charge in [0.15, 0.2) is 0 Å². The Bertz CT molecular complexity index is 1180. The van der Waals surface area contributed by atoms with Crippen LogP contribution >= 0.6 is 11.5 Å². The van der Waals surface area contributed by atoms with E-state index < -0.39 is 0 Å². The number of hydrogen-bond donors (Lipinski definition) is 2. The van der Waals surface area contributed by atoms with Crippen molar-refractivity contribution in [3.8, 4) is 6.07 Å². The molecule has 1 saturated heterocycles. The molecule has 10 nitrogen and oxygen atoms in total. The zero-order valence-corrected chi connectivity index (χ0v) is 19.1. The molecule has 0 spiro atoms. The predicted octanol–water partition coefficient (Wildman–Crippen LogP) is 2.73. The third-order valence-electron chi connectivity index (χ3n) is 6.62. The van der Waals surface area contributed by atoms with Gasteiger partial charge in [-0.25, -0.2) is 9.78 Å². The number of urea groups is 1. The molecule has 11 heteroatoms. The summed E-state index contributed by atoms with van der Waals surface area (Å²) in [4.78, 5) is 30.5. The van der Waals surface area contributed by atoms with Crippen LogP contribution in [0.25, 0.3) is 11.0 Å². The SMILES string of the molecule is CN(C)c1nsc(NC(=O)N2CC3CC(N(C)c4c(C#N)cnc5[nH]ccc45)C[C@@H]3C2)n1. The van der Waals surface area contributed by atoms with Crippen LogP contribution in [0.3, 0.4) is 0 Å². The normalized spacial score (nSPS) is 22.1. The van der Waals surface area contributed by atoms with E-state index >= 15 is 0 Å². The molecule has 166 valence electrons. The predicted molar refractivity (Wildman–Crippen MR) is 124 cm³/mol. The molecule has 2 aliphatic rings. The minimum absolute atomic E-state index is 0.110. The molecular formula is C21H25N9OS. The van der Waals surface area contributed by atoms with Crippen molar-refractivity contribution < 1.29 is 4.79 Å². The van der Waals surface area contributed by atoms with E-state index in [0.29, 0.717) is 34.5 Å². The van der Waals surface area contributed by atoms with E-state index in [1.54, 1.807) is 6.20 Å². The Morgan fingerprint density at radius 1 is 1.31 bits per heavy atom. The Kier molecular flexibility index (Phi) is 5.09. The summed E-state index contributed by atoms with van der Waals surface area (Å²) in [5.41, 5.74) is 2.32. The molecule has 2 unspecified atom stereocenters. The summed E-state index contributed by atoms with van der Waals surface area (Å²) in [6.07, 6.45) is 5.48. The molecule has 2 fully saturated rings. The van der Waals surface area contributed by atoms with Gasteiger partial charge in [-0.3, -0.25) is 5.32 Å². The summed E-state index contributed by atoms with van der Waals surface area (Å²) in [5.74, 6) is 1.50. The van der Waals surface area contributed by atoms with Gasteiger partial charge in [-0.05, 0) is 30.7 Å². The highest BCUT2D eigenvalue weighted by Gasteiger charge is 2.44. The number of carbonyl (C=O) groups is 1. The maximum atomic E-state index is 12.7. The van der Waals surface area contributed by atoms with E-state index in [1.807, 2.05) is 36.2 Å². The number of anilines is 3. The third-order valence-corrected chi connectivity index (χ3v) is 7.24. The first-order valence-corrected chi connectivity index (χ1v) is 11.4. The van der Waals surface area contributed by atoms with Crippen LogP contribution in [0.4, 0.5) is 21.6 Å². The fraction of sp³-hybridized carbons (Fsp3) is 0.476. The number of nitrogens with zero attached hydrogens (tertiary/aromatic N) is 7. The average Bonchev–Trinajstić information content (AvgIpc) is 3.54. The van der Waals surface area contributed by atoms with Crippen LogP contribution < -0.4 is 15.1 Å². The number of nitrogens with one attached hydrogen (secondary N) is 2. The Balaban J connectivity index is 1.25. The number of H-pyrrole nitrogens is 1. The summed E-state index contributed by atoms with van der Waals surface area (Å²) in [7, 11) is 5.81. The second-order valence-electron chi connectivity index (χ2n) is 8.76. The molecule has 0 radical (unpaired) electrons. The standard InChI is InChI=1S/C21H25N9OS/c1-28(2)19-25-20(32-27-19)26-21(31)30-10-12-6-15(7-13(12)11-30)29(3)17-14(8-22)9-24-18-16(17)4-5-23-18/h4-5,9,12-13,15H,6-7,10-11H2,1-3H3,(H,23,24)(H,25,26,27,31)/t12-,13?,15?/m1/s1. The molecule has 3 atom stereocenters. The zero-order chi connectivity index (χ0) is 22.4. The van der Waals surface area contributed by atoms with Gasteiger partial charge in [0.25, 0.3) is 0 Å². The van der Waals surface area contributed by atoms with Gasteiger partial charge in [-0.1, -0.05) is 0 Å². The lowest BCUT2D eigenvalue weighted by atomic mass is 10.0. The van der Waals surface area contributed by atoms with Gasteiger partial charge < -0.3 is 19.7 Å². The number of carbonyl (C=O) groups excluding carboxylic acids is 1. The average molecular weight is 452 g/mol. The molecule has 1 aliphatic carbocycles. The first-order chi connectivity index (χ1) is 15.4. The van der Waals surface area contributed by atoms with Crippen molar-refractivity contribution >= 4 is 45.4 Å². The molecule has 5 rings (SSSR count). The highest BCUT2D eigenvalue weighted by molar-refractivity contribution is 7.10. The van der Waals surface area contributed by atoms with Gasteiger partial charge in [0.1, 0.15) is 11.7 Å². The van der Waals surface area contributed by atoms with Crippen LogP contribution in [-0.2, 0) is 0 Å². The quantitative estimate of drug-likeness (QED) is 0.626. The number of pyridine rings is 1. The van der Waals surface area contributed by atoms with Gasteiger partial charge in [-0.15, -0.1) is 0 Å². The highest BCUT2D eigenvalue weighted by Crippen LogP contribution is 2.42. The fourth-order valence-electron chi connectivity index (χ4n) is 5.01. The highest BCUT2D eigenvalue weighted by atomic mass is 32.1. The maximum absolute atomic E-state index is 12.7. The first-order valence-electron chi connectivity index (χ1n) is 10.6. The summed E-state index contributed by atoms with van der Waals surface area (Å²) in [6.45, 7) is 1.47. The van der Waals surface area contributed by atoms with Crippen molar-refractivity contribution in [1.29, 1.82) is 5.26 Å². The van der Waals surface area contributed by atoms with Crippen LogP contribution in [-0.4, -0.2) is 70.5 Å². The molecule has 32 heavy (non-hydrogen) atoms. The lowest BCUT2D eigenvalue weighted by Gasteiger charge is -2.29. The Morgan fingerprint density at radius 3 is 2.72 bits per heavy atom. The molecule has 1 saturated carbocycles. The molecular weight excluding hydrogens is 426 g/mol. The molecule has 4 heterocycles. The Hall–Kier alpha value is -3.39. The molecule has 1 aliphatic heterocycles. The van der Waals surface area contributed by atoms with Crippen molar-refractivity contribution in [1.82, 2.24) is 24.2 Å². The number of fused-ring (bicyclic) bond motifs is 2. The molecule has 3 aromatic heterocycles. The van der Waals surface area contributed by atoms with Crippen LogP contribution in [0.5, 0.6) is 0 Å². The number of rotatable bonds is 4. The molecule has 3 aromatic rings. The van der Waals surface area contributed by atoms with Crippen molar-refractivity contribution in [2.45, 2.75) is 18.9 Å². The molecule has 0 bridgehead atoms. The Morgan fingerprint density at radius 2 is 2.06 bits per heavy atom. The van der Waals surface area contributed by atoms with Gasteiger partial charge in [-0.2, -0.15) is 14.6 Å². The molecule has 2 amide bonds. The van der Waals surface area contributed by atoms with Gasteiger partial charge in [0, 0.05) is 69.6 Å². The second kappa shape index (κ2) is 7.94. The van der Waals surface area contributed by atoms with Crippen LogP contribution in [0, 0.1) is 23.2 Å². The number of amides is 2. The monoisotopic (exact) mass is 451 g/mol. The first kappa shape index (κ1) is 20.5. The summed E-state index contributed by atoms with van der Waals surface area (Å²) < 4.78 is 4.23. The number of aromatic amines is 1. The largest absolute Gasteiger partial charge is 0.370 e. The van der Waals surface area contributed by atoms with Gasteiger partial charge in [0.05, 0.1) is 11.3 Å². The number of likely N-dealkylation sites (tertiary alicyclic amines) is 1. The number of hydrogen-bond acceptors (Lipinski definition) is 8. The zero-order valence-electron chi connectivity index (χ0n) is 18.2. The second-order valence-corrected chi connectivity index (χ2v) is 9.51. The van der Waals surface area contributed by atoms with Crippen LogP contribution in [0.15, 0.2) is 18.5 Å². The van der Waals surface area contributed by atoms with Crippen LogP contribution in [0.1, 0.15) is 18.4 Å². The summed E-state index contributed by atoms with van der Waals surface area (Å²) >= 11 is 1.19. The smallest absolute Gasteiger partial charge is 0.323 e. The molecule has 2 N–H and O–H groups in total. The van der Waals surface area contributed by atoms with Crippen molar-refractivity contribution in [3.05, 3.63) is 24.0 Å². The lowest BCUT2D eigenvalue weighted by Crippen LogP contribution is -2.36. The Labute approximate surface area is 190 Å². The van der Waals surface area contributed by atoms with Crippen LogP contribution in [0.2, 0.25) is 0 Å². The van der Waals surface area contributed by atoms with E-state index in [-0.39, 0.29) is 6.03 Å². The number of aromatic nitrogens is 4. The molecule has 0 aromatic carbocycles. The van der Waals surface area contributed by atoms with E-state index in [9.17, 15) is 10.1 Å². The van der Waals surface area contributed by atoms with Gasteiger partial charge in [0.2, 0.25) is 11.1 Å².